The first-order valence-electron chi connectivity index (χ1n) is 4.12. The second-order valence-corrected chi connectivity index (χ2v) is 3.44. The zero-order valence-corrected chi connectivity index (χ0v) is 7.54. The lowest BCUT2D eigenvalue weighted by Crippen LogP contribution is -2.35. The molecule has 11 heavy (non-hydrogen) atoms. The van der Waals surface area contributed by atoms with E-state index in [1.165, 1.54) is 0 Å². The molecular weight excluding hydrogens is 138 g/mol. The molecule has 1 rings (SSSR count). The number of aliphatic imine (C=N–C) groups is 1. The summed E-state index contributed by atoms with van der Waals surface area (Å²) in [6, 6.07) is 0. The van der Waals surface area contributed by atoms with Gasteiger partial charge in [0.1, 0.15) is 0 Å². The van der Waals surface area contributed by atoms with Crippen LogP contribution in [-0.2, 0) is 0 Å². The third-order valence-electron chi connectivity index (χ3n) is 2.54. The molecule has 0 amide bonds. The number of likely N-dealkylation sites (tertiary alicyclic amines) is 1. The Hall–Kier alpha value is -0.730. The quantitative estimate of drug-likeness (QED) is 0.409. The van der Waals surface area contributed by atoms with Gasteiger partial charge >= 0.3 is 0 Å². The van der Waals surface area contributed by atoms with Crippen LogP contribution in [0.15, 0.2) is 4.99 Å². The molecule has 1 saturated heterocycles. The van der Waals surface area contributed by atoms with E-state index in [1.54, 1.807) is 7.05 Å². The number of hydrogen-bond acceptors (Lipinski definition) is 1. The summed E-state index contributed by atoms with van der Waals surface area (Å²) in [5.41, 5.74) is 5.68. The fourth-order valence-corrected chi connectivity index (χ4v) is 1.46. The highest BCUT2D eigenvalue weighted by atomic mass is 15.3. The van der Waals surface area contributed by atoms with Gasteiger partial charge in [-0.05, 0) is 11.8 Å². The van der Waals surface area contributed by atoms with Crippen molar-refractivity contribution in [3.63, 3.8) is 0 Å². The maximum atomic E-state index is 5.68. The Morgan fingerprint density at radius 3 is 2.18 bits per heavy atom. The molecule has 1 aliphatic rings. The molecule has 2 atom stereocenters. The van der Waals surface area contributed by atoms with Crippen LogP contribution in [0.25, 0.3) is 0 Å². The Labute approximate surface area is 68.3 Å². The summed E-state index contributed by atoms with van der Waals surface area (Å²) in [6.45, 7) is 6.63. The lowest BCUT2D eigenvalue weighted by molar-refractivity contribution is 0.488. The second-order valence-electron chi connectivity index (χ2n) is 3.44. The number of rotatable bonds is 0. The first-order valence-corrected chi connectivity index (χ1v) is 4.12. The molecule has 0 aliphatic carbocycles. The van der Waals surface area contributed by atoms with E-state index in [4.69, 9.17) is 5.73 Å². The maximum Gasteiger partial charge on any atom is 0.190 e. The van der Waals surface area contributed by atoms with Crippen molar-refractivity contribution in [3.05, 3.63) is 0 Å². The minimum atomic E-state index is 0.682. The average molecular weight is 155 g/mol. The first kappa shape index (κ1) is 8.37. The van der Waals surface area contributed by atoms with Gasteiger partial charge in [-0.1, -0.05) is 13.8 Å². The van der Waals surface area contributed by atoms with Gasteiger partial charge in [0.2, 0.25) is 0 Å². The molecule has 0 spiro atoms. The van der Waals surface area contributed by atoms with Crippen LogP contribution in [0.5, 0.6) is 0 Å². The third-order valence-corrected chi connectivity index (χ3v) is 2.54. The smallest absolute Gasteiger partial charge is 0.190 e. The fourth-order valence-electron chi connectivity index (χ4n) is 1.46. The Morgan fingerprint density at radius 2 is 1.82 bits per heavy atom. The van der Waals surface area contributed by atoms with Gasteiger partial charge in [-0.2, -0.15) is 0 Å². The van der Waals surface area contributed by atoms with Crippen molar-refractivity contribution >= 4 is 5.96 Å². The number of hydrogen-bond donors (Lipinski definition) is 1. The monoisotopic (exact) mass is 155 g/mol. The van der Waals surface area contributed by atoms with Crippen molar-refractivity contribution in [2.75, 3.05) is 20.1 Å². The summed E-state index contributed by atoms with van der Waals surface area (Å²) in [5, 5.41) is 0. The van der Waals surface area contributed by atoms with Gasteiger partial charge in [-0.3, -0.25) is 4.99 Å². The minimum absolute atomic E-state index is 0.682. The van der Waals surface area contributed by atoms with E-state index in [2.05, 4.69) is 23.7 Å². The highest BCUT2D eigenvalue weighted by Gasteiger charge is 2.26. The second kappa shape index (κ2) is 3.11. The predicted octanol–water partition coefficient (Wildman–Crippen LogP) is 0.519. The van der Waals surface area contributed by atoms with Crippen molar-refractivity contribution in [1.29, 1.82) is 0 Å². The zero-order chi connectivity index (χ0) is 8.43. The van der Waals surface area contributed by atoms with Crippen molar-refractivity contribution in [2.45, 2.75) is 13.8 Å². The van der Waals surface area contributed by atoms with Crippen LogP contribution in [0.2, 0.25) is 0 Å². The summed E-state index contributed by atoms with van der Waals surface area (Å²) in [5.74, 6) is 2.17. The zero-order valence-electron chi connectivity index (χ0n) is 7.54. The van der Waals surface area contributed by atoms with E-state index in [0.29, 0.717) is 5.96 Å². The van der Waals surface area contributed by atoms with Gasteiger partial charge in [0, 0.05) is 20.1 Å². The molecule has 64 valence electrons. The standard InChI is InChI=1S/C8H17N3/c1-6-4-11(5-7(6)2)8(9)10-3/h6-7H,4-5H2,1-3H3,(H2,9,10). The van der Waals surface area contributed by atoms with Crippen molar-refractivity contribution in [1.82, 2.24) is 4.90 Å². The fraction of sp³-hybridized carbons (Fsp3) is 0.875. The number of nitrogens with zero attached hydrogens (tertiary/aromatic N) is 2. The van der Waals surface area contributed by atoms with Gasteiger partial charge in [-0.25, -0.2) is 0 Å². The minimum Gasteiger partial charge on any atom is -0.370 e. The van der Waals surface area contributed by atoms with Gasteiger partial charge in [-0.15, -0.1) is 0 Å². The topological polar surface area (TPSA) is 41.6 Å². The highest BCUT2D eigenvalue weighted by Crippen LogP contribution is 2.21. The molecule has 0 aromatic rings. The molecular formula is C8H17N3. The Balaban J connectivity index is 2.53. The van der Waals surface area contributed by atoms with Gasteiger partial charge in [0.15, 0.2) is 5.96 Å². The lowest BCUT2D eigenvalue weighted by atomic mass is 10.0. The van der Waals surface area contributed by atoms with Crippen molar-refractivity contribution in [2.24, 2.45) is 22.6 Å². The van der Waals surface area contributed by atoms with E-state index >= 15 is 0 Å². The predicted molar refractivity (Wildman–Crippen MR) is 47.4 cm³/mol. The van der Waals surface area contributed by atoms with Crippen LogP contribution in [-0.4, -0.2) is 31.0 Å². The van der Waals surface area contributed by atoms with E-state index in [0.717, 1.165) is 24.9 Å². The molecule has 3 heteroatoms. The molecule has 0 aromatic heterocycles. The molecule has 0 bridgehead atoms. The van der Waals surface area contributed by atoms with Crippen LogP contribution in [0.4, 0.5) is 0 Å². The summed E-state index contributed by atoms with van der Waals surface area (Å²) in [4.78, 5) is 6.11. The molecule has 1 heterocycles. The molecule has 1 fully saturated rings. The third kappa shape index (κ3) is 1.64. The van der Waals surface area contributed by atoms with E-state index in [1.807, 2.05) is 0 Å². The Morgan fingerprint density at radius 1 is 1.36 bits per heavy atom. The average Bonchev–Trinajstić information content (AvgIpc) is 2.31. The molecule has 2 N–H and O–H groups in total. The normalized spacial score (nSPS) is 33.0. The lowest BCUT2D eigenvalue weighted by Gasteiger charge is -2.15. The molecule has 0 radical (unpaired) electrons. The van der Waals surface area contributed by atoms with E-state index < -0.39 is 0 Å². The summed E-state index contributed by atoms with van der Waals surface area (Å²) < 4.78 is 0. The summed E-state index contributed by atoms with van der Waals surface area (Å²) >= 11 is 0. The molecule has 0 saturated carbocycles. The highest BCUT2D eigenvalue weighted by molar-refractivity contribution is 5.78. The van der Waals surface area contributed by atoms with E-state index in [9.17, 15) is 0 Å². The molecule has 3 nitrogen and oxygen atoms in total. The van der Waals surface area contributed by atoms with Gasteiger partial charge < -0.3 is 10.6 Å². The molecule has 1 aliphatic heterocycles. The summed E-state index contributed by atoms with van der Waals surface area (Å²) in [7, 11) is 1.74. The van der Waals surface area contributed by atoms with Crippen LogP contribution in [0.1, 0.15) is 13.8 Å². The van der Waals surface area contributed by atoms with Crippen molar-refractivity contribution < 1.29 is 0 Å². The Bertz CT molecular complexity index is 155. The molecule has 0 aromatic carbocycles. The summed E-state index contributed by atoms with van der Waals surface area (Å²) in [6.07, 6.45) is 0. The van der Waals surface area contributed by atoms with Crippen LogP contribution in [0, 0.1) is 11.8 Å². The van der Waals surface area contributed by atoms with Crippen LogP contribution >= 0.6 is 0 Å². The SMILES string of the molecule is CN=C(N)N1CC(C)C(C)C1. The number of guanidine groups is 1. The molecule has 2 unspecified atom stereocenters. The maximum absolute atomic E-state index is 5.68. The van der Waals surface area contributed by atoms with Crippen molar-refractivity contribution in [3.8, 4) is 0 Å². The number of nitrogens with two attached hydrogens (primary N) is 1. The van der Waals surface area contributed by atoms with Gasteiger partial charge in [0.25, 0.3) is 0 Å². The largest absolute Gasteiger partial charge is 0.370 e. The van der Waals surface area contributed by atoms with Gasteiger partial charge in [0.05, 0.1) is 0 Å². The van der Waals surface area contributed by atoms with Crippen LogP contribution < -0.4 is 5.73 Å². The first-order chi connectivity index (χ1) is 5.15. The van der Waals surface area contributed by atoms with Crippen LogP contribution in [0.3, 0.4) is 0 Å². The van der Waals surface area contributed by atoms with E-state index in [-0.39, 0.29) is 0 Å². The Kier molecular flexibility index (Phi) is 2.37.